The van der Waals surface area contributed by atoms with E-state index in [-0.39, 0.29) is 23.6 Å². The molecule has 2 N–H and O–H groups in total. The molecule has 0 spiro atoms. The van der Waals surface area contributed by atoms with Gasteiger partial charge in [0.2, 0.25) is 11.5 Å². The average Bonchev–Trinajstić information content (AvgIpc) is 2.67. The van der Waals surface area contributed by atoms with Crippen LogP contribution in [0.3, 0.4) is 0 Å². The lowest BCUT2D eigenvalue weighted by atomic mass is 10.1. The number of hydrogen-bond donors (Lipinski definition) is 2. The van der Waals surface area contributed by atoms with Crippen LogP contribution in [0.4, 0.5) is 5.69 Å². The smallest absolute Gasteiger partial charge is 0.254 e. The van der Waals surface area contributed by atoms with E-state index in [4.69, 9.17) is 4.74 Å². The van der Waals surface area contributed by atoms with Gasteiger partial charge in [0.25, 0.3) is 5.91 Å². The third kappa shape index (κ3) is 4.14. The van der Waals surface area contributed by atoms with Crippen molar-refractivity contribution in [2.45, 2.75) is 0 Å². The number of para-hydroxylation sites is 1. The molecule has 7 nitrogen and oxygen atoms in total. The number of anilines is 1. The molecule has 0 unspecified atom stereocenters. The highest BCUT2D eigenvalue weighted by atomic mass is 16.5. The minimum absolute atomic E-state index is 0.147. The molecule has 7 heteroatoms. The monoisotopic (exact) mass is 365 g/mol. The molecule has 3 aromatic rings. The summed E-state index contributed by atoms with van der Waals surface area (Å²) in [4.78, 5) is 40.8. The lowest BCUT2D eigenvalue weighted by Crippen LogP contribution is -2.35. The second-order valence-electron chi connectivity index (χ2n) is 6.03. The normalized spacial score (nSPS) is 10.4. The van der Waals surface area contributed by atoms with Gasteiger partial charge in [-0.25, -0.2) is 0 Å². The Morgan fingerprint density at radius 2 is 1.81 bits per heavy atom. The molecule has 0 fully saturated rings. The first-order valence-electron chi connectivity index (χ1n) is 8.29. The fourth-order valence-electron chi connectivity index (χ4n) is 2.75. The number of H-pyrrole nitrogens is 1. The Bertz CT molecular complexity index is 1040. The number of rotatable bonds is 5. The van der Waals surface area contributed by atoms with Gasteiger partial charge in [-0.1, -0.05) is 18.2 Å². The van der Waals surface area contributed by atoms with Crippen LogP contribution in [0.2, 0.25) is 0 Å². The molecular weight excluding hydrogens is 346 g/mol. The number of amides is 2. The molecule has 0 saturated carbocycles. The third-order valence-corrected chi connectivity index (χ3v) is 4.08. The Balaban J connectivity index is 1.74. The number of aromatic amines is 1. The Kier molecular flexibility index (Phi) is 5.21. The van der Waals surface area contributed by atoms with Crippen LogP contribution < -0.4 is 15.6 Å². The summed E-state index contributed by atoms with van der Waals surface area (Å²) in [5.41, 5.74) is 1.06. The largest absolute Gasteiger partial charge is 0.497 e. The number of carbonyl (C=O) groups excluding carboxylic acids is 2. The first-order valence-corrected chi connectivity index (χ1v) is 8.29. The van der Waals surface area contributed by atoms with Crippen LogP contribution in [-0.2, 0) is 4.79 Å². The molecular formula is C20H19N3O4. The van der Waals surface area contributed by atoms with Crippen LogP contribution in [0.25, 0.3) is 10.9 Å². The van der Waals surface area contributed by atoms with E-state index in [0.717, 1.165) is 0 Å². The van der Waals surface area contributed by atoms with Gasteiger partial charge in [0.05, 0.1) is 19.2 Å². The standard InChI is InChI=1S/C20H19N3O4/c1-23(12-19(25)21-13-7-9-14(27-2)10-8-13)20(26)16-11-18(24)22-17-6-4-3-5-15(16)17/h3-11H,12H2,1-2H3,(H,21,25)(H,22,24). The van der Waals surface area contributed by atoms with E-state index >= 15 is 0 Å². The van der Waals surface area contributed by atoms with Crippen molar-refractivity contribution in [2.75, 3.05) is 26.0 Å². The average molecular weight is 365 g/mol. The van der Waals surface area contributed by atoms with E-state index in [9.17, 15) is 14.4 Å². The van der Waals surface area contributed by atoms with Crippen LogP contribution in [-0.4, -0.2) is 42.4 Å². The van der Waals surface area contributed by atoms with E-state index in [0.29, 0.717) is 22.3 Å². The number of methoxy groups -OCH3 is 1. The molecule has 0 bridgehead atoms. The number of aromatic nitrogens is 1. The Labute approximate surface area is 155 Å². The van der Waals surface area contributed by atoms with Gasteiger partial charge < -0.3 is 19.9 Å². The number of pyridine rings is 1. The number of fused-ring (bicyclic) bond motifs is 1. The van der Waals surface area contributed by atoms with Crippen molar-refractivity contribution in [1.29, 1.82) is 0 Å². The molecule has 27 heavy (non-hydrogen) atoms. The Morgan fingerprint density at radius 3 is 2.52 bits per heavy atom. The molecule has 2 amide bonds. The molecule has 1 aromatic heterocycles. The van der Waals surface area contributed by atoms with Crippen molar-refractivity contribution >= 4 is 28.4 Å². The van der Waals surface area contributed by atoms with Gasteiger partial charge in [-0.05, 0) is 30.3 Å². The molecule has 138 valence electrons. The Hall–Kier alpha value is -3.61. The number of likely N-dealkylation sites (N-methyl/N-ethyl adjacent to an activating group) is 1. The first kappa shape index (κ1) is 18.2. The van der Waals surface area contributed by atoms with Gasteiger partial charge in [0.1, 0.15) is 5.75 Å². The summed E-state index contributed by atoms with van der Waals surface area (Å²) in [7, 11) is 3.08. The zero-order chi connectivity index (χ0) is 19.4. The summed E-state index contributed by atoms with van der Waals surface area (Å²) in [5.74, 6) is -0.0613. The maximum atomic E-state index is 12.8. The molecule has 2 aromatic carbocycles. The summed E-state index contributed by atoms with van der Waals surface area (Å²) in [6.07, 6.45) is 0. The number of nitrogens with one attached hydrogen (secondary N) is 2. The van der Waals surface area contributed by atoms with Crippen molar-refractivity contribution in [3.63, 3.8) is 0 Å². The minimum Gasteiger partial charge on any atom is -0.497 e. The van der Waals surface area contributed by atoms with Crippen LogP contribution in [0.5, 0.6) is 5.75 Å². The lowest BCUT2D eigenvalue weighted by Gasteiger charge is -2.18. The summed E-state index contributed by atoms with van der Waals surface area (Å²) >= 11 is 0. The summed E-state index contributed by atoms with van der Waals surface area (Å²) < 4.78 is 5.07. The highest BCUT2D eigenvalue weighted by Gasteiger charge is 2.18. The number of benzene rings is 2. The molecule has 1 heterocycles. The van der Waals surface area contributed by atoms with Crippen LogP contribution in [0, 0.1) is 0 Å². The molecule has 0 radical (unpaired) electrons. The molecule has 0 aliphatic rings. The van der Waals surface area contributed by atoms with E-state index < -0.39 is 5.91 Å². The van der Waals surface area contributed by atoms with Crippen LogP contribution in [0.15, 0.2) is 59.4 Å². The van der Waals surface area contributed by atoms with Crippen molar-refractivity contribution < 1.29 is 14.3 Å². The predicted octanol–water partition coefficient (Wildman–Crippen LogP) is 2.25. The second kappa shape index (κ2) is 7.74. The van der Waals surface area contributed by atoms with Crippen LogP contribution in [0.1, 0.15) is 10.4 Å². The van der Waals surface area contributed by atoms with E-state index in [1.54, 1.807) is 55.6 Å². The summed E-state index contributed by atoms with van der Waals surface area (Å²) in [6, 6.07) is 15.2. The minimum atomic E-state index is -0.401. The van der Waals surface area contributed by atoms with Gasteiger partial charge >= 0.3 is 0 Å². The first-order chi connectivity index (χ1) is 13.0. The van der Waals surface area contributed by atoms with Crippen LogP contribution >= 0.6 is 0 Å². The number of nitrogens with zero attached hydrogens (tertiary/aromatic N) is 1. The fraction of sp³-hybridized carbons (Fsp3) is 0.150. The third-order valence-electron chi connectivity index (χ3n) is 4.08. The fourth-order valence-corrected chi connectivity index (χ4v) is 2.75. The van der Waals surface area contributed by atoms with Gasteiger partial charge in [0.15, 0.2) is 0 Å². The maximum absolute atomic E-state index is 12.8. The van der Waals surface area contributed by atoms with Gasteiger partial charge in [-0.3, -0.25) is 14.4 Å². The van der Waals surface area contributed by atoms with E-state index in [2.05, 4.69) is 10.3 Å². The molecule has 0 aliphatic carbocycles. The number of carbonyl (C=O) groups is 2. The predicted molar refractivity (Wildman–Crippen MR) is 103 cm³/mol. The van der Waals surface area contributed by atoms with Crippen molar-refractivity contribution in [3.05, 3.63) is 70.5 Å². The second-order valence-corrected chi connectivity index (χ2v) is 6.03. The van der Waals surface area contributed by atoms with E-state index in [1.165, 1.54) is 18.0 Å². The highest BCUT2D eigenvalue weighted by Crippen LogP contribution is 2.17. The number of hydrogen-bond acceptors (Lipinski definition) is 4. The summed E-state index contributed by atoms with van der Waals surface area (Å²) in [5, 5.41) is 3.35. The zero-order valence-electron chi connectivity index (χ0n) is 15.0. The molecule has 0 saturated heterocycles. The Morgan fingerprint density at radius 1 is 1.11 bits per heavy atom. The number of ether oxygens (including phenoxy) is 1. The quantitative estimate of drug-likeness (QED) is 0.725. The lowest BCUT2D eigenvalue weighted by molar-refractivity contribution is -0.116. The van der Waals surface area contributed by atoms with Crippen molar-refractivity contribution in [2.24, 2.45) is 0 Å². The van der Waals surface area contributed by atoms with Gasteiger partial charge in [-0.15, -0.1) is 0 Å². The van der Waals surface area contributed by atoms with Crippen molar-refractivity contribution in [3.8, 4) is 5.75 Å². The van der Waals surface area contributed by atoms with Gasteiger partial charge in [-0.2, -0.15) is 0 Å². The maximum Gasteiger partial charge on any atom is 0.254 e. The van der Waals surface area contributed by atoms with Gasteiger partial charge in [0, 0.05) is 29.7 Å². The zero-order valence-corrected chi connectivity index (χ0v) is 15.0. The molecule has 3 rings (SSSR count). The molecule has 0 aliphatic heterocycles. The highest BCUT2D eigenvalue weighted by molar-refractivity contribution is 6.07. The topological polar surface area (TPSA) is 91.5 Å². The SMILES string of the molecule is COc1ccc(NC(=O)CN(C)C(=O)c2cc(=O)[nH]c3ccccc23)cc1. The van der Waals surface area contributed by atoms with Crippen molar-refractivity contribution in [1.82, 2.24) is 9.88 Å². The summed E-state index contributed by atoms with van der Waals surface area (Å²) in [6.45, 7) is -0.147. The molecule has 0 atom stereocenters. The van der Waals surface area contributed by atoms with E-state index in [1.807, 2.05) is 0 Å².